The van der Waals surface area contributed by atoms with Crippen LogP contribution in [0.15, 0.2) is 78.9 Å². The van der Waals surface area contributed by atoms with Crippen molar-refractivity contribution in [3.8, 4) is 5.75 Å². The van der Waals surface area contributed by atoms with E-state index in [0.717, 1.165) is 44.9 Å². The molecular formula is C29H36N2O. The van der Waals surface area contributed by atoms with E-state index in [9.17, 15) is 0 Å². The highest BCUT2D eigenvalue weighted by Gasteiger charge is 2.20. The lowest BCUT2D eigenvalue weighted by atomic mass is 9.98. The van der Waals surface area contributed by atoms with Crippen molar-refractivity contribution >= 4 is 5.69 Å². The molecule has 0 N–H and O–H groups in total. The molecule has 168 valence electrons. The zero-order valence-electron chi connectivity index (χ0n) is 19.7. The van der Waals surface area contributed by atoms with Gasteiger partial charge in [0, 0.05) is 44.8 Å². The summed E-state index contributed by atoms with van der Waals surface area (Å²) < 4.78 is 6.56. The molecule has 1 fully saturated rings. The number of ether oxygens (including phenoxy) is 1. The maximum Gasteiger partial charge on any atom is 0.125 e. The lowest BCUT2D eigenvalue weighted by Gasteiger charge is -2.36. The molecule has 32 heavy (non-hydrogen) atoms. The highest BCUT2D eigenvalue weighted by molar-refractivity contribution is 5.46. The van der Waals surface area contributed by atoms with E-state index in [4.69, 9.17) is 4.74 Å². The first-order valence-electron chi connectivity index (χ1n) is 11.9. The molecule has 0 aromatic heterocycles. The van der Waals surface area contributed by atoms with Crippen LogP contribution in [0.2, 0.25) is 0 Å². The van der Waals surface area contributed by atoms with E-state index in [0.29, 0.717) is 5.92 Å². The van der Waals surface area contributed by atoms with Crippen LogP contribution in [0, 0.1) is 6.92 Å². The molecule has 0 saturated carbocycles. The van der Waals surface area contributed by atoms with E-state index in [1.807, 2.05) is 0 Å². The van der Waals surface area contributed by atoms with Gasteiger partial charge >= 0.3 is 0 Å². The van der Waals surface area contributed by atoms with Crippen molar-refractivity contribution in [2.75, 3.05) is 37.6 Å². The molecule has 1 atom stereocenters. The van der Waals surface area contributed by atoms with Crippen molar-refractivity contribution in [1.82, 2.24) is 4.90 Å². The van der Waals surface area contributed by atoms with Gasteiger partial charge in [-0.05, 0) is 53.8 Å². The second-order valence-corrected chi connectivity index (χ2v) is 9.14. The molecular weight excluding hydrogens is 392 g/mol. The molecule has 0 radical (unpaired) electrons. The Kier molecular flexibility index (Phi) is 7.49. The SMILES string of the molecule is Cc1cc(O[C@H](CCN2CCN(c3ccccc3)CC2)c2ccccc2)ccc1C(C)C. The van der Waals surface area contributed by atoms with E-state index in [-0.39, 0.29) is 6.10 Å². The molecule has 1 aliphatic heterocycles. The zero-order chi connectivity index (χ0) is 22.3. The van der Waals surface area contributed by atoms with Crippen LogP contribution in [0.1, 0.15) is 49.0 Å². The van der Waals surface area contributed by atoms with Crippen molar-refractivity contribution < 1.29 is 4.74 Å². The fourth-order valence-electron chi connectivity index (χ4n) is 4.66. The first-order chi connectivity index (χ1) is 15.6. The summed E-state index contributed by atoms with van der Waals surface area (Å²) in [6, 6.07) is 28.0. The van der Waals surface area contributed by atoms with Gasteiger partial charge in [0.1, 0.15) is 11.9 Å². The Bertz CT molecular complexity index is 963. The maximum atomic E-state index is 6.56. The second kappa shape index (κ2) is 10.7. The highest BCUT2D eigenvalue weighted by Crippen LogP contribution is 2.29. The lowest BCUT2D eigenvalue weighted by molar-refractivity contribution is 0.160. The van der Waals surface area contributed by atoms with Crippen LogP contribution in [0.25, 0.3) is 0 Å². The summed E-state index contributed by atoms with van der Waals surface area (Å²) in [5.41, 5.74) is 5.28. The summed E-state index contributed by atoms with van der Waals surface area (Å²) >= 11 is 0. The van der Waals surface area contributed by atoms with Crippen molar-refractivity contribution in [3.63, 3.8) is 0 Å². The summed E-state index contributed by atoms with van der Waals surface area (Å²) in [5.74, 6) is 1.50. The topological polar surface area (TPSA) is 15.7 Å². The fraction of sp³-hybridized carbons (Fsp3) is 0.379. The van der Waals surface area contributed by atoms with E-state index < -0.39 is 0 Å². The molecule has 3 aromatic rings. The Hall–Kier alpha value is -2.78. The molecule has 3 nitrogen and oxygen atoms in total. The van der Waals surface area contributed by atoms with Crippen LogP contribution in [0.3, 0.4) is 0 Å². The Morgan fingerprint density at radius 2 is 1.47 bits per heavy atom. The third kappa shape index (κ3) is 5.72. The number of aryl methyl sites for hydroxylation is 1. The van der Waals surface area contributed by atoms with Crippen LogP contribution >= 0.6 is 0 Å². The van der Waals surface area contributed by atoms with Gasteiger partial charge in [-0.25, -0.2) is 0 Å². The summed E-state index contributed by atoms with van der Waals surface area (Å²) in [5, 5.41) is 0. The minimum Gasteiger partial charge on any atom is -0.486 e. The van der Waals surface area contributed by atoms with Crippen LogP contribution in [0.4, 0.5) is 5.69 Å². The minimum absolute atomic E-state index is 0.0626. The van der Waals surface area contributed by atoms with Gasteiger partial charge in [0.15, 0.2) is 0 Å². The predicted molar refractivity (Wildman–Crippen MR) is 135 cm³/mol. The van der Waals surface area contributed by atoms with Crippen molar-refractivity contribution in [2.24, 2.45) is 0 Å². The van der Waals surface area contributed by atoms with Gasteiger partial charge in [-0.3, -0.25) is 4.90 Å². The number of hydrogen-bond acceptors (Lipinski definition) is 3. The van der Waals surface area contributed by atoms with E-state index >= 15 is 0 Å². The molecule has 0 unspecified atom stereocenters. The molecule has 0 aliphatic carbocycles. The zero-order valence-corrected chi connectivity index (χ0v) is 19.7. The number of para-hydroxylation sites is 1. The van der Waals surface area contributed by atoms with E-state index in [1.165, 1.54) is 22.4 Å². The first kappa shape index (κ1) is 22.4. The van der Waals surface area contributed by atoms with Gasteiger partial charge in [0.2, 0.25) is 0 Å². The quantitative estimate of drug-likeness (QED) is 0.410. The van der Waals surface area contributed by atoms with Gasteiger partial charge in [0.25, 0.3) is 0 Å². The predicted octanol–water partition coefficient (Wildman–Crippen LogP) is 6.45. The molecule has 1 heterocycles. The average molecular weight is 429 g/mol. The Morgan fingerprint density at radius 3 is 2.09 bits per heavy atom. The third-order valence-corrected chi connectivity index (χ3v) is 6.51. The Balaban J connectivity index is 1.38. The first-order valence-corrected chi connectivity index (χ1v) is 11.9. The van der Waals surface area contributed by atoms with Crippen LogP contribution in [0.5, 0.6) is 5.75 Å². The average Bonchev–Trinajstić information content (AvgIpc) is 2.83. The molecule has 1 saturated heterocycles. The third-order valence-electron chi connectivity index (χ3n) is 6.51. The molecule has 0 amide bonds. The lowest BCUT2D eigenvalue weighted by Crippen LogP contribution is -2.46. The minimum atomic E-state index is 0.0626. The van der Waals surface area contributed by atoms with Crippen LogP contribution < -0.4 is 9.64 Å². The fourth-order valence-corrected chi connectivity index (χ4v) is 4.66. The molecule has 0 spiro atoms. The monoisotopic (exact) mass is 428 g/mol. The maximum absolute atomic E-state index is 6.56. The second-order valence-electron chi connectivity index (χ2n) is 9.14. The normalized spacial score (nSPS) is 15.7. The summed E-state index contributed by atoms with van der Waals surface area (Å²) in [6.45, 7) is 12.1. The Labute approximate surface area is 193 Å². The van der Waals surface area contributed by atoms with Crippen molar-refractivity contribution in [2.45, 2.75) is 39.2 Å². The van der Waals surface area contributed by atoms with Gasteiger partial charge in [0.05, 0.1) is 0 Å². The summed E-state index contributed by atoms with van der Waals surface area (Å²) in [6.07, 6.45) is 1.05. The molecule has 1 aliphatic rings. The van der Waals surface area contributed by atoms with Gasteiger partial charge in [-0.2, -0.15) is 0 Å². The smallest absolute Gasteiger partial charge is 0.125 e. The van der Waals surface area contributed by atoms with Crippen molar-refractivity contribution in [3.05, 3.63) is 95.6 Å². The van der Waals surface area contributed by atoms with Gasteiger partial charge < -0.3 is 9.64 Å². The summed E-state index contributed by atoms with van der Waals surface area (Å²) in [7, 11) is 0. The molecule has 4 rings (SSSR count). The van der Waals surface area contributed by atoms with Crippen LogP contribution in [-0.4, -0.2) is 37.6 Å². The van der Waals surface area contributed by atoms with Crippen molar-refractivity contribution in [1.29, 1.82) is 0 Å². The number of benzene rings is 3. The summed E-state index contributed by atoms with van der Waals surface area (Å²) in [4.78, 5) is 5.06. The largest absolute Gasteiger partial charge is 0.486 e. The number of hydrogen-bond donors (Lipinski definition) is 0. The molecule has 3 heteroatoms. The highest BCUT2D eigenvalue weighted by atomic mass is 16.5. The number of piperazine rings is 1. The number of nitrogens with zero attached hydrogens (tertiary/aromatic N) is 2. The molecule has 0 bridgehead atoms. The Morgan fingerprint density at radius 1 is 0.812 bits per heavy atom. The van der Waals surface area contributed by atoms with E-state index in [1.54, 1.807) is 0 Å². The van der Waals surface area contributed by atoms with Crippen LogP contribution in [-0.2, 0) is 0 Å². The molecule has 3 aromatic carbocycles. The number of anilines is 1. The van der Waals surface area contributed by atoms with Gasteiger partial charge in [-0.15, -0.1) is 0 Å². The number of rotatable bonds is 8. The van der Waals surface area contributed by atoms with Gasteiger partial charge in [-0.1, -0.05) is 68.4 Å². The van der Waals surface area contributed by atoms with E-state index in [2.05, 4.69) is 109 Å². The standard InChI is InChI=1S/C29H36N2O/c1-23(2)28-15-14-27(22-24(28)3)32-29(25-10-6-4-7-11-25)16-17-30-18-20-31(21-19-30)26-12-8-5-9-13-26/h4-15,22-23,29H,16-21H2,1-3H3/t29-/m1/s1.